The lowest BCUT2D eigenvalue weighted by atomic mass is 10.1. The van der Waals surface area contributed by atoms with Crippen LogP contribution in [0.25, 0.3) is 10.9 Å². The molecule has 2 rings (SSSR count). The van der Waals surface area contributed by atoms with Gasteiger partial charge in [-0.05, 0) is 22.0 Å². The smallest absolute Gasteiger partial charge is 0.337 e. The van der Waals surface area contributed by atoms with Gasteiger partial charge in [-0.15, -0.1) is 0 Å². The Labute approximate surface area is 98.8 Å². The zero-order valence-electron chi connectivity index (χ0n) is 7.37. The van der Waals surface area contributed by atoms with E-state index in [2.05, 4.69) is 20.9 Å². The highest BCUT2D eigenvalue weighted by Crippen LogP contribution is 2.30. The Hall–Kier alpha value is -1.13. The number of carboxylic acid groups (broad SMARTS) is 1. The van der Waals surface area contributed by atoms with E-state index in [1.165, 1.54) is 0 Å². The summed E-state index contributed by atoms with van der Waals surface area (Å²) in [6.07, 6.45) is 0. The van der Waals surface area contributed by atoms with Gasteiger partial charge in [-0.3, -0.25) is 0 Å². The summed E-state index contributed by atoms with van der Waals surface area (Å²) in [5, 5.41) is 9.80. The van der Waals surface area contributed by atoms with Crippen LogP contribution in [-0.2, 0) is 0 Å². The normalized spacial score (nSPS) is 10.5. The molecule has 1 aromatic heterocycles. The van der Waals surface area contributed by atoms with Crippen LogP contribution in [0.4, 0.5) is 0 Å². The maximum absolute atomic E-state index is 11.1. The Bertz CT molecular complexity index is 556. The van der Waals surface area contributed by atoms with E-state index in [1.807, 2.05) is 0 Å². The molecule has 0 saturated carbocycles. The predicted octanol–water partition coefficient (Wildman–Crippen LogP) is 3.35. The van der Waals surface area contributed by atoms with Crippen molar-refractivity contribution in [2.45, 2.75) is 0 Å². The zero-order chi connectivity index (χ0) is 11.0. The minimum absolute atomic E-state index is 0.144. The fourth-order valence-electron chi connectivity index (χ4n) is 1.37. The van der Waals surface area contributed by atoms with Crippen molar-refractivity contribution < 1.29 is 9.90 Å². The van der Waals surface area contributed by atoms with Crippen LogP contribution in [0.5, 0.6) is 0 Å². The van der Waals surface area contributed by atoms with Gasteiger partial charge in [-0.2, -0.15) is 0 Å². The molecule has 0 bridgehead atoms. The molecule has 0 amide bonds. The Morgan fingerprint density at radius 3 is 2.73 bits per heavy atom. The van der Waals surface area contributed by atoms with Gasteiger partial charge < -0.3 is 5.11 Å². The van der Waals surface area contributed by atoms with Crippen LogP contribution >= 0.6 is 27.5 Å². The van der Waals surface area contributed by atoms with Gasteiger partial charge in [0.25, 0.3) is 0 Å². The number of carbonyl (C=O) groups is 1. The van der Waals surface area contributed by atoms with Gasteiger partial charge in [0.15, 0.2) is 0 Å². The topological polar surface area (TPSA) is 50.2 Å². The average molecular weight is 287 g/mol. The number of rotatable bonds is 1. The van der Waals surface area contributed by atoms with Gasteiger partial charge in [0.05, 0.1) is 15.6 Å². The van der Waals surface area contributed by atoms with Gasteiger partial charge in [0, 0.05) is 5.39 Å². The lowest BCUT2D eigenvalue weighted by Crippen LogP contribution is -2.01. The first-order chi connectivity index (χ1) is 7.11. The second-order valence-electron chi connectivity index (χ2n) is 2.91. The van der Waals surface area contributed by atoms with Crippen LogP contribution in [0.1, 0.15) is 10.4 Å². The Morgan fingerprint density at radius 1 is 1.40 bits per heavy atom. The number of aromatic carboxylic acids is 1. The number of fused-ring (bicyclic) bond motifs is 1. The van der Waals surface area contributed by atoms with E-state index in [4.69, 9.17) is 16.7 Å². The molecule has 2 aromatic rings. The number of hydrogen-bond donors (Lipinski definition) is 1. The van der Waals surface area contributed by atoms with Gasteiger partial charge in [0.1, 0.15) is 5.15 Å². The summed E-state index contributed by atoms with van der Waals surface area (Å²) in [5.41, 5.74) is 0.716. The lowest BCUT2D eigenvalue weighted by Gasteiger charge is -2.05. The van der Waals surface area contributed by atoms with Crippen LogP contribution in [0, 0.1) is 0 Å². The largest absolute Gasteiger partial charge is 0.478 e. The first-order valence-corrected chi connectivity index (χ1v) is 5.25. The summed E-state index contributed by atoms with van der Waals surface area (Å²) in [5.74, 6) is -1.03. The van der Waals surface area contributed by atoms with E-state index in [0.717, 1.165) is 0 Å². The molecule has 0 aliphatic heterocycles. The number of hydrogen-bond acceptors (Lipinski definition) is 2. The van der Waals surface area contributed by atoms with E-state index in [-0.39, 0.29) is 10.7 Å². The monoisotopic (exact) mass is 285 g/mol. The molecule has 76 valence electrons. The van der Waals surface area contributed by atoms with Crippen LogP contribution in [-0.4, -0.2) is 16.1 Å². The number of benzene rings is 1. The number of carboxylic acids is 1. The number of aromatic nitrogens is 1. The highest BCUT2D eigenvalue weighted by molar-refractivity contribution is 9.10. The number of nitrogens with zero attached hydrogens (tertiary/aromatic N) is 1. The summed E-state index contributed by atoms with van der Waals surface area (Å²) in [6, 6.07) is 6.97. The molecule has 15 heavy (non-hydrogen) atoms. The van der Waals surface area contributed by atoms with Crippen molar-refractivity contribution in [2.75, 3.05) is 0 Å². The molecule has 3 nitrogen and oxygen atoms in total. The first-order valence-electron chi connectivity index (χ1n) is 4.08. The van der Waals surface area contributed by atoms with Gasteiger partial charge in [-0.1, -0.05) is 29.8 Å². The molecule has 0 atom stereocenters. The summed E-state index contributed by atoms with van der Waals surface area (Å²) in [7, 11) is 0. The quantitative estimate of drug-likeness (QED) is 0.818. The number of halogens is 2. The molecule has 1 N–H and O–H groups in total. The molecule has 5 heteroatoms. The average Bonchev–Trinajstić information content (AvgIpc) is 2.19. The van der Waals surface area contributed by atoms with Crippen LogP contribution in [0.2, 0.25) is 5.15 Å². The maximum Gasteiger partial charge on any atom is 0.337 e. The first kappa shape index (κ1) is 10.4. The summed E-state index contributed by atoms with van der Waals surface area (Å²) in [4.78, 5) is 15.1. The van der Waals surface area contributed by atoms with Crippen molar-refractivity contribution in [3.05, 3.63) is 39.5 Å². The van der Waals surface area contributed by atoms with E-state index in [0.29, 0.717) is 15.4 Å². The summed E-state index contributed by atoms with van der Waals surface area (Å²) >= 11 is 8.94. The van der Waals surface area contributed by atoms with Crippen LogP contribution in [0.3, 0.4) is 0 Å². The molecule has 0 unspecified atom stereocenters. The third-order valence-electron chi connectivity index (χ3n) is 2.01. The molecule has 0 radical (unpaired) electrons. The highest BCUT2D eigenvalue weighted by atomic mass is 79.9. The van der Waals surface area contributed by atoms with Crippen molar-refractivity contribution in [1.29, 1.82) is 0 Å². The van der Waals surface area contributed by atoms with E-state index < -0.39 is 5.97 Å². The van der Waals surface area contributed by atoms with Gasteiger partial charge in [-0.25, -0.2) is 9.78 Å². The number of pyridine rings is 1. The van der Waals surface area contributed by atoms with E-state index >= 15 is 0 Å². The number of para-hydroxylation sites is 1. The molecule has 1 aromatic carbocycles. The molecular weight excluding hydrogens is 281 g/mol. The second kappa shape index (κ2) is 3.79. The standard InChI is InChI=1S/C10H5BrClNO2/c11-8-7(10(14)15)5-3-1-2-4-6(5)13-9(8)12/h1-4H,(H,14,15). The van der Waals surface area contributed by atoms with E-state index in [9.17, 15) is 4.79 Å². The lowest BCUT2D eigenvalue weighted by molar-refractivity contribution is 0.0698. The highest BCUT2D eigenvalue weighted by Gasteiger charge is 2.16. The molecule has 0 saturated heterocycles. The fourth-order valence-corrected chi connectivity index (χ4v) is 2.03. The predicted molar refractivity (Wildman–Crippen MR) is 61.4 cm³/mol. The summed E-state index contributed by atoms with van der Waals surface area (Å²) < 4.78 is 0.315. The molecule has 1 heterocycles. The Kier molecular flexibility index (Phi) is 2.63. The maximum atomic E-state index is 11.1. The second-order valence-corrected chi connectivity index (χ2v) is 4.06. The van der Waals surface area contributed by atoms with Crippen molar-refractivity contribution in [2.24, 2.45) is 0 Å². The van der Waals surface area contributed by atoms with Crippen molar-refractivity contribution in [3.63, 3.8) is 0 Å². The molecular formula is C10H5BrClNO2. The van der Waals surface area contributed by atoms with Crippen molar-refractivity contribution in [1.82, 2.24) is 4.98 Å². The minimum Gasteiger partial charge on any atom is -0.478 e. The fraction of sp³-hybridized carbons (Fsp3) is 0. The summed E-state index contributed by atoms with van der Waals surface area (Å²) in [6.45, 7) is 0. The minimum atomic E-state index is -1.03. The van der Waals surface area contributed by atoms with Crippen LogP contribution in [0.15, 0.2) is 28.7 Å². The van der Waals surface area contributed by atoms with Crippen molar-refractivity contribution in [3.8, 4) is 0 Å². The third-order valence-corrected chi connectivity index (χ3v) is 3.28. The van der Waals surface area contributed by atoms with Gasteiger partial charge >= 0.3 is 5.97 Å². The van der Waals surface area contributed by atoms with Gasteiger partial charge in [0.2, 0.25) is 0 Å². The molecule has 0 aliphatic rings. The molecule has 0 spiro atoms. The zero-order valence-corrected chi connectivity index (χ0v) is 9.71. The Balaban J connectivity index is 2.95. The van der Waals surface area contributed by atoms with Crippen molar-refractivity contribution >= 4 is 44.4 Å². The van der Waals surface area contributed by atoms with Crippen LogP contribution < -0.4 is 0 Å². The van der Waals surface area contributed by atoms with E-state index in [1.54, 1.807) is 24.3 Å². The third kappa shape index (κ3) is 1.70. The SMILES string of the molecule is O=C(O)c1c(Br)c(Cl)nc2ccccc12. The molecule has 0 aliphatic carbocycles. The molecule has 0 fully saturated rings. The Morgan fingerprint density at radius 2 is 2.07 bits per heavy atom.